The second-order valence-corrected chi connectivity index (χ2v) is 7.52. The summed E-state index contributed by atoms with van der Waals surface area (Å²) < 4.78 is 0. The van der Waals surface area contributed by atoms with E-state index in [0.29, 0.717) is 11.1 Å². The summed E-state index contributed by atoms with van der Waals surface area (Å²) in [6.45, 7) is 6.04. The van der Waals surface area contributed by atoms with E-state index in [0.717, 1.165) is 12.8 Å². The summed E-state index contributed by atoms with van der Waals surface area (Å²) in [5, 5.41) is 42.8. The Bertz CT molecular complexity index is 510. The van der Waals surface area contributed by atoms with Crippen LogP contribution in [0.4, 0.5) is 0 Å². The summed E-state index contributed by atoms with van der Waals surface area (Å²) in [6.07, 6.45) is 0.268. The van der Waals surface area contributed by atoms with Crippen molar-refractivity contribution >= 4 is 5.71 Å². The molecule has 0 radical (unpaired) electrons. The number of aliphatic hydroxyl groups excluding tert-OH is 3. The first-order chi connectivity index (χ1) is 9.28. The molecule has 0 amide bonds. The number of rotatable bonds is 1. The third-order valence-electron chi connectivity index (χ3n) is 5.83. The largest absolute Gasteiger partial charge is 0.411 e. The third-order valence-corrected chi connectivity index (χ3v) is 5.83. The lowest BCUT2D eigenvalue weighted by atomic mass is 9.48. The fourth-order valence-electron chi connectivity index (χ4n) is 4.94. The number of hydrogen-bond donors (Lipinski definition) is 4. The fourth-order valence-corrected chi connectivity index (χ4v) is 4.94. The molecule has 0 aromatic heterocycles. The molecule has 112 valence electrons. The van der Waals surface area contributed by atoms with Gasteiger partial charge < -0.3 is 20.5 Å². The van der Waals surface area contributed by atoms with Gasteiger partial charge in [0, 0.05) is 5.41 Å². The fraction of sp³-hybridized carbons (Fsp3) is 0.800. The molecular weight excluding hydrogens is 258 g/mol. The second-order valence-electron chi connectivity index (χ2n) is 7.52. The van der Waals surface area contributed by atoms with Crippen molar-refractivity contribution in [1.29, 1.82) is 0 Å². The summed E-state index contributed by atoms with van der Waals surface area (Å²) in [6, 6.07) is 0. The van der Waals surface area contributed by atoms with Crippen LogP contribution in [0, 0.1) is 22.7 Å². The van der Waals surface area contributed by atoms with Crippen molar-refractivity contribution in [3.63, 3.8) is 0 Å². The van der Waals surface area contributed by atoms with Gasteiger partial charge in [-0.05, 0) is 41.2 Å². The summed E-state index contributed by atoms with van der Waals surface area (Å²) in [5.41, 5.74) is 0.989. The van der Waals surface area contributed by atoms with Crippen molar-refractivity contribution in [3.8, 4) is 0 Å². The van der Waals surface area contributed by atoms with Gasteiger partial charge >= 0.3 is 0 Å². The van der Waals surface area contributed by atoms with Crippen molar-refractivity contribution < 1.29 is 20.5 Å². The zero-order valence-electron chi connectivity index (χ0n) is 12.2. The molecule has 20 heavy (non-hydrogen) atoms. The predicted molar refractivity (Wildman–Crippen MR) is 73.4 cm³/mol. The van der Waals surface area contributed by atoms with Gasteiger partial charge in [-0.2, -0.15) is 0 Å². The highest BCUT2D eigenvalue weighted by Gasteiger charge is 2.66. The highest BCUT2D eigenvalue weighted by molar-refractivity contribution is 6.13. The minimum absolute atomic E-state index is 0.0517. The Morgan fingerprint density at radius 3 is 2.40 bits per heavy atom. The maximum atomic E-state index is 10.6. The maximum Gasteiger partial charge on any atom is 0.113 e. The van der Waals surface area contributed by atoms with Crippen LogP contribution in [0.2, 0.25) is 0 Å². The van der Waals surface area contributed by atoms with Crippen LogP contribution in [0.5, 0.6) is 0 Å². The highest BCUT2D eigenvalue weighted by atomic mass is 16.4. The van der Waals surface area contributed by atoms with E-state index in [1.54, 1.807) is 0 Å². The molecule has 0 spiro atoms. The van der Waals surface area contributed by atoms with Crippen molar-refractivity contribution in [1.82, 2.24) is 0 Å². The van der Waals surface area contributed by atoms with Crippen molar-refractivity contribution in [2.75, 3.05) is 6.61 Å². The van der Waals surface area contributed by atoms with E-state index in [1.807, 2.05) is 6.92 Å². The second kappa shape index (κ2) is 4.06. The Hall–Kier alpha value is -0.910. The van der Waals surface area contributed by atoms with E-state index in [9.17, 15) is 15.3 Å². The summed E-state index contributed by atoms with van der Waals surface area (Å²) in [5.74, 6) is 0.203. The van der Waals surface area contributed by atoms with Crippen LogP contribution >= 0.6 is 0 Å². The Morgan fingerprint density at radius 1 is 1.20 bits per heavy atom. The average molecular weight is 281 g/mol. The summed E-state index contributed by atoms with van der Waals surface area (Å²) >= 11 is 0. The summed E-state index contributed by atoms with van der Waals surface area (Å²) in [4.78, 5) is 0. The molecule has 5 heteroatoms. The van der Waals surface area contributed by atoms with Crippen LogP contribution in [0.3, 0.4) is 0 Å². The van der Waals surface area contributed by atoms with Gasteiger partial charge in [-0.3, -0.25) is 0 Å². The molecule has 0 aliphatic heterocycles. The number of hydrogen-bond acceptors (Lipinski definition) is 5. The summed E-state index contributed by atoms with van der Waals surface area (Å²) in [7, 11) is 0. The quantitative estimate of drug-likeness (QED) is 0.424. The van der Waals surface area contributed by atoms with E-state index in [-0.39, 0.29) is 29.6 Å². The Labute approximate surface area is 118 Å². The smallest absolute Gasteiger partial charge is 0.113 e. The first-order valence-electron chi connectivity index (χ1n) is 7.20. The van der Waals surface area contributed by atoms with Crippen LogP contribution in [0.1, 0.15) is 33.6 Å². The molecule has 0 unspecified atom stereocenters. The minimum atomic E-state index is -0.821. The standard InChI is InChI=1S/C15H23NO4/c1-14(2)4-7-9(5-14)15(3)10(8(6-17)12(7)18)11(16-20)13(15)19/h7,9,12-13,17-20H,4-6H2,1-3H3/b16-11-/t7-,9+,12+,13-,15-/m1/s1. The van der Waals surface area contributed by atoms with Gasteiger partial charge in [-0.15, -0.1) is 0 Å². The Balaban J connectivity index is 2.14. The number of fused-ring (bicyclic) bond motifs is 3. The van der Waals surface area contributed by atoms with Crippen LogP contribution in [0.15, 0.2) is 16.3 Å². The van der Waals surface area contributed by atoms with E-state index in [2.05, 4.69) is 19.0 Å². The molecule has 5 atom stereocenters. The molecule has 0 heterocycles. The van der Waals surface area contributed by atoms with Crippen LogP contribution < -0.4 is 0 Å². The molecule has 2 saturated carbocycles. The molecular formula is C15H23NO4. The molecule has 2 fully saturated rings. The third kappa shape index (κ3) is 1.46. The van der Waals surface area contributed by atoms with E-state index in [1.165, 1.54) is 0 Å². The van der Waals surface area contributed by atoms with E-state index in [4.69, 9.17) is 5.21 Å². The van der Waals surface area contributed by atoms with Gasteiger partial charge in [0.15, 0.2) is 0 Å². The van der Waals surface area contributed by atoms with Gasteiger partial charge in [0.2, 0.25) is 0 Å². The topological polar surface area (TPSA) is 93.3 Å². The van der Waals surface area contributed by atoms with Gasteiger partial charge in [-0.1, -0.05) is 25.9 Å². The zero-order chi connectivity index (χ0) is 14.9. The van der Waals surface area contributed by atoms with Gasteiger partial charge in [0.25, 0.3) is 0 Å². The van der Waals surface area contributed by atoms with Crippen molar-refractivity contribution in [3.05, 3.63) is 11.1 Å². The molecule has 0 saturated heterocycles. The zero-order valence-corrected chi connectivity index (χ0v) is 12.2. The molecule has 5 nitrogen and oxygen atoms in total. The molecule has 4 N–H and O–H groups in total. The Morgan fingerprint density at radius 2 is 1.85 bits per heavy atom. The number of nitrogens with zero attached hydrogens (tertiary/aromatic N) is 1. The molecule has 3 aliphatic carbocycles. The number of oxime groups is 1. The van der Waals surface area contributed by atoms with Crippen LogP contribution in [-0.2, 0) is 0 Å². The SMILES string of the molecule is CC1(C)C[C@H]2[C@H](O)C(CO)=C3/C(=N/O)[C@@H](O)[C@]3(C)[C@H]2C1. The lowest BCUT2D eigenvalue weighted by Crippen LogP contribution is -2.63. The molecule has 0 bridgehead atoms. The minimum Gasteiger partial charge on any atom is -0.411 e. The van der Waals surface area contributed by atoms with Crippen molar-refractivity contribution in [2.24, 2.45) is 27.8 Å². The van der Waals surface area contributed by atoms with Gasteiger partial charge in [0.1, 0.15) is 11.8 Å². The maximum absolute atomic E-state index is 10.6. The molecule has 3 rings (SSSR count). The first-order valence-corrected chi connectivity index (χ1v) is 7.20. The van der Waals surface area contributed by atoms with Gasteiger partial charge in [0.05, 0.1) is 12.7 Å². The monoisotopic (exact) mass is 281 g/mol. The van der Waals surface area contributed by atoms with Crippen molar-refractivity contribution in [2.45, 2.75) is 45.8 Å². The predicted octanol–water partition coefficient (Wildman–Crippen LogP) is 0.913. The van der Waals surface area contributed by atoms with E-state index >= 15 is 0 Å². The van der Waals surface area contributed by atoms with E-state index < -0.39 is 17.6 Å². The highest BCUT2D eigenvalue weighted by Crippen LogP contribution is 2.65. The lowest BCUT2D eigenvalue weighted by molar-refractivity contribution is -0.0253. The normalized spacial score (nSPS) is 48.0. The lowest BCUT2D eigenvalue weighted by Gasteiger charge is -2.57. The number of aliphatic hydroxyl groups is 3. The van der Waals surface area contributed by atoms with Gasteiger partial charge in [-0.25, -0.2) is 0 Å². The van der Waals surface area contributed by atoms with Crippen LogP contribution in [-0.4, -0.2) is 45.1 Å². The first kappa shape index (κ1) is 14.0. The van der Waals surface area contributed by atoms with Crippen LogP contribution in [0.25, 0.3) is 0 Å². The molecule has 0 aromatic carbocycles. The molecule has 3 aliphatic rings. The molecule has 0 aromatic rings. The Kier molecular flexibility index (Phi) is 2.85. The average Bonchev–Trinajstić information content (AvgIpc) is 2.73.